The molecule has 1 unspecified atom stereocenters. The summed E-state index contributed by atoms with van der Waals surface area (Å²) in [6.07, 6.45) is -1.23. The third kappa shape index (κ3) is 33.3. The average molecular weight is 224 g/mol. The molecule has 0 aromatic rings. The zero-order valence-corrected chi connectivity index (χ0v) is 8.08. The molecule has 0 fully saturated rings. The van der Waals surface area contributed by atoms with Crippen molar-refractivity contribution in [3.63, 3.8) is 0 Å². The SMILES string of the molecule is CC(=O)C(=O)O.CC(O)C(=O)O.O=CO. The molecular formula is C7H12O8. The van der Waals surface area contributed by atoms with Gasteiger partial charge in [0.15, 0.2) is 0 Å². The molecule has 15 heavy (non-hydrogen) atoms. The van der Waals surface area contributed by atoms with E-state index in [2.05, 4.69) is 0 Å². The Hall–Kier alpha value is -1.96. The highest BCUT2D eigenvalue weighted by molar-refractivity contribution is 6.31. The molecule has 0 aliphatic rings. The molecule has 1 atom stereocenters. The third-order valence-corrected chi connectivity index (χ3v) is 0.659. The van der Waals surface area contributed by atoms with Crippen LogP contribution >= 0.6 is 0 Å². The summed E-state index contributed by atoms with van der Waals surface area (Å²) in [4.78, 5) is 36.7. The van der Waals surface area contributed by atoms with E-state index in [0.717, 1.165) is 6.92 Å². The Morgan fingerprint density at radius 2 is 1.33 bits per heavy atom. The summed E-state index contributed by atoms with van der Waals surface area (Å²) >= 11 is 0. The van der Waals surface area contributed by atoms with Gasteiger partial charge in [-0.15, -0.1) is 0 Å². The van der Waals surface area contributed by atoms with Gasteiger partial charge >= 0.3 is 11.9 Å². The van der Waals surface area contributed by atoms with Crippen molar-refractivity contribution in [1.29, 1.82) is 0 Å². The van der Waals surface area contributed by atoms with Crippen LogP contribution in [0.1, 0.15) is 13.8 Å². The number of carbonyl (C=O) groups is 4. The summed E-state index contributed by atoms with van der Waals surface area (Å²) in [5.74, 6) is -3.39. The maximum Gasteiger partial charge on any atom is 0.371 e. The van der Waals surface area contributed by atoms with Crippen LogP contribution in [0.2, 0.25) is 0 Å². The molecule has 0 aromatic carbocycles. The van der Waals surface area contributed by atoms with Crippen molar-refractivity contribution >= 4 is 24.2 Å². The number of aliphatic hydroxyl groups is 1. The first kappa shape index (κ1) is 18.8. The first-order chi connectivity index (χ1) is 6.70. The fraction of sp³-hybridized carbons (Fsp3) is 0.429. The van der Waals surface area contributed by atoms with Crippen molar-refractivity contribution in [1.82, 2.24) is 0 Å². The van der Waals surface area contributed by atoms with Gasteiger partial charge in [-0.1, -0.05) is 0 Å². The smallest absolute Gasteiger partial charge is 0.371 e. The van der Waals surface area contributed by atoms with Crippen LogP contribution in [0, 0.1) is 0 Å². The normalized spacial score (nSPS) is 9.27. The molecule has 88 valence electrons. The Bertz CT molecular complexity index is 207. The van der Waals surface area contributed by atoms with E-state index >= 15 is 0 Å². The summed E-state index contributed by atoms with van der Waals surface area (Å²) in [6.45, 7) is 1.95. The van der Waals surface area contributed by atoms with Gasteiger partial charge in [0.05, 0.1) is 0 Å². The van der Waals surface area contributed by atoms with Crippen LogP contribution in [0.25, 0.3) is 0 Å². The summed E-state index contributed by atoms with van der Waals surface area (Å²) in [5, 5.41) is 30.3. The number of aliphatic carboxylic acids is 2. The lowest BCUT2D eigenvalue weighted by atomic mass is 10.4. The second kappa shape index (κ2) is 12.0. The molecule has 8 heteroatoms. The highest BCUT2D eigenvalue weighted by Crippen LogP contribution is 1.73. The van der Waals surface area contributed by atoms with Crippen LogP contribution in [0.15, 0.2) is 0 Å². The van der Waals surface area contributed by atoms with E-state index in [1.165, 1.54) is 6.92 Å². The van der Waals surface area contributed by atoms with Crippen LogP contribution in [0.5, 0.6) is 0 Å². The molecule has 4 N–H and O–H groups in total. The highest BCUT2D eigenvalue weighted by atomic mass is 16.4. The minimum Gasteiger partial charge on any atom is -0.483 e. The zero-order chi connectivity index (χ0) is 13.0. The number of carboxylic acids is 2. The fourth-order valence-corrected chi connectivity index (χ4v) is 0. The average Bonchev–Trinajstić information content (AvgIpc) is 2.06. The van der Waals surface area contributed by atoms with Gasteiger partial charge in [0.2, 0.25) is 5.78 Å². The Labute approximate surface area is 84.8 Å². The first-order valence-corrected chi connectivity index (χ1v) is 3.43. The Morgan fingerprint density at radius 1 is 1.20 bits per heavy atom. The molecule has 0 aliphatic carbocycles. The van der Waals surface area contributed by atoms with E-state index in [1.54, 1.807) is 0 Å². The minimum absolute atomic E-state index is 0.250. The van der Waals surface area contributed by atoms with Crippen molar-refractivity contribution in [3.05, 3.63) is 0 Å². The molecule has 0 heterocycles. The number of hydrogen-bond acceptors (Lipinski definition) is 5. The van der Waals surface area contributed by atoms with E-state index in [1.807, 2.05) is 0 Å². The van der Waals surface area contributed by atoms with Gasteiger partial charge in [-0.25, -0.2) is 9.59 Å². The third-order valence-electron chi connectivity index (χ3n) is 0.659. The van der Waals surface area contributed by atoms with Crippen molar-refractivity contribution < 1.29 is 39.6 Å². The Morgan fingerprint density at radius 3 is 1.33 bits per heavy atom. The van der Waals surface area contributed by atoms with E-state index in [4.69, 9.17) is 25.2 Å². The van der Waals surface area contributed by atoms with Gasteiger partial charge in [-0.05, 0) is 6.92 Å². The van der Waals surface area contributed by atoms with E-state index < -0.39 is 23.8 Å². The topological polar surface area (TPSA) is 149 Å². The van der Waals surface area contributed by atoms with Gasteiger partial charge in [0.1, 0.15) is 6.10 Å². The van der Waals surface area contributed by atoms with Crippen LogP contribution in [-0.2, 0) is 19.2 Å². The van der Waals surface area contributed by atoms with Crippen LogP contribution in [0.3, 0.4) is 0 Å². The number of rotatable bonds is 2. The lowest BCUT2D eigenvalue weighted by Gasteiger charge is -1.89. The maximum absolute atomic E-state index is 9.54. The molecular weight excluding hydrogens is 212 g/mol. The first-order valence-electron chi connectivity index (χ1n) is 3.43. The molecule has 0 aromatic heterocycles. The molecule has 8 nitrogen and oxygen atoms in total. The van der Waals surface area contributed by atoms with Gasteiger partial charge in [0.25, 0.3) is 6.47 Å². The van der Waals surface area contributed by atoms with Crippen molar-refractivity contribution in [3.8, 4) is 0 Å². The van der Waals surface area contributed by atoms with Gasteiger partial charge in [0, 0.05) is 6.92 Å². The lowest BCUT2D eigenvalue weighted by molar-refractivity contribution is -0.148. The zero-order valence-electron chi connectivity index (χ0n) is 8.08. The van der Waals surface area contributed by atoms with Crippen molar-refractivity contribution in [2.45, 2.75) is 20.0 Å². The minimum atomic E-state index is -1.38. The Balaban J connectivity index is -0.000000153. The standard InChI is InChI=1S/C3H6O3.C3H4O3.CH2O2/c2*1-2(4)3(5)6;2-1-3/h2,4H,1H3,(H,5,6);1H3,(H,5,6);1H,(H,2,3). The largest absolute Gasteiger partial charge is 0.483 e. The van der Waals surface area contributed by atoms with Gasteiger partial charge < -0.3 is 20.4 Å². The predicted octanol–water partition coefficient (Wildman–Crippen LogP) is -1.19. The monoisotopic (exact) mass is 224 g/mol. The molecule has 0 bridgehead atoms. The number of ketones is 1. The quantitative estimate of drug-likeness (QED) is 0.338. The Kier molecular flexibility index (Phi) is 15.1. The molecule has 0 aliphatic heterocycles. The number of Topliss-reactive ketones (excluding diaryl/α,β-unsaturated/α-hetero) is 1. The van der Waals surface area contributed by atoms with Crippen LogP contribution < -0.4 is 0 Å². The maximum atomic E-state index is 9.54. The summed E-state index contributed by atoms with van der Waals surface area (Å²) in [7, 11) is 0. The van der Waals surface area contributed by atoms with E-state index in [0.29, 0.717) is 0 Å². The van der Waals surface area contributed by atoms with Gasteiger partial charge in [-0.2, -0.15) is 0 Å². The summed E-state index contributed by atoms with van der Waals surface area (Å²) in [5.41, 5.74) is 0. The number of carbonyl (C=O) groups excluding carboxylic acids is 1. The molecule has 0 saturated carbocycles. The summed E-state index contributed by atoms with van der Waals surface area (Å²) in [6, 6.07) is 0. The number of aliphatic hydroxyl groups excluding tert-OH is 1. The number of hydrogen-bond donors (Lipinski definition) is 4. The molecule has 0 amide bonds. The lowest BCUT2D eigenvalue weighted by Crippen LogP contribution is -2.13. The highest BCUT2D eigenvalue weighted by Gasteiger charge is 2.01. The molecule has 0 radical (unpaired) electrons. The summed E-state index contributed by atoms with van der Waals surface area (Å²) < 4.78 is 0. The fourth-order valence-electron chi connectivity index (χ4n) is 0. The number of carboxylic acid groups (broad SMARTS) is 3. The second-order valence-electron chi connectivity index (χ2n) is 1.98. The van der Waals surface area contributed by atoms with Crippen LogP contribution in [0.4, 0.5) is 0 Å². The van der Waals surface area contributed by atoms with Crippen molar-refractivity contribution in [2.24, 2.45) is 0 Å². The molecule has 0 rings (SSSR count). The second-order valence-corrected chi connectivity index (χ2v) is 1.98. The molecule has 0 saturated heterocycles. The van der Waals surface area contributed by atoms with E-state index in [-0.39, 0.29) is 6.47 Å². The van der Waals surface area contributed by atoms with Crippen molar-refractivity contribution in [2.75, 3.05) is 0 Å². The van der Waals surface area contributed by atoms with E-state index in [9.17, 15) is 14.4 Å². The van der Waals surface area contributed by atoms with Gasteiger partial charge in [-0.3, -0.25) is 9.59 Å². The predicted molar refractivity (Wildman–Crippen MR) is 46.3 cm³/mol. The van der Waals surface area contributed by atoms with Crippen LogP contribution in [-0.4, -0.2) is 50.7 Å². The molecule has 0 spiro atoms.